The van der Waals surface area contributed by atoms with Gasteiger partial charge in [0, 0.05) is 18.7 Å². The molecule has 2 aromatic carbocycles. The van der Waals surface area contributed by atoms with Crippen molar-refractivity contribution in [3.05, 3.63) is 70.0 Å². The zero-order valence-electron chi connectivity index (χ0n) is 14.4. The number of benzene rings is 2. The monoisotopic (exact) mass is 348 g/mol. The van der Waals surface area contributed by atoms with Gasteiger partial charge in [0.2, 0.25) is 0 Å². The normalized spacial score (nSPS) is 14.7. The Balaban J connectivity index is 1.74. The van der Waals surface area contributed by atoms with Crippen molar-refractivity contribution in [2.75, 3.05) is 0 Å². The van der Waals surface area contributed by atoms with Crippen molar-refractivity contribution in [2.24, 2.45) is 4.99 Å². The lowest BCUT2D eigenvalue weighted by atomic mass is 10.1. The lowest BCUT2D eigenvalue weighted by Gasteiger charge is -2.04. The summed E-state index contributed by atoms with van der Waals surface area (Å²) in [4.78, 5) is 18.5. The van der Waals surface area contributed by atoms with Gasteiger partial charge in [-0.05, 0) is 43.0 Å². The molecular weight excluding hydrogens is 328 g/mol. The van der Waals surface area contributed by atoms with Crippen LogP contribution in [0.1, 0.15) is 41.2 Å². The standard InChI is InChI=1S/C21H20N2OS/c1-14-20(15(2)24)25-21(23(14)19-12-13-19)22-18-10-8-17(9-11-18)16-6-4-3-5-7-16/h3-11,19H,12-13H2,1-2H3/b22-21+. The topological polar surface area (TPSA) is 34.4 Å². The van der Waals surface area contributed by atoms with Gasteiger partial charge in [0.15, 0.2) is 10.6 Å². The van der Waals surface area contributed by atoms with Crippen LogP contribution < -0.4 is 4.80 Å². The molecule has 0 saturated heterocycles. The van der Waals surface area contributed by atoms with Gasteiger partial charge in [0.05, 0.1) is 10.6 Å². The second-order valence-corrected chi connectivity index (χ2v) is 7.46. The van der Waals surface area contributed by atoms with E-state index in [2.05, 4.69) is 28.8 Å². The highest BCUT2D eigenvalue weighted by Crippen LogP contribution is 2.36. The Kier molecular flexibility index (Phi) is 4.14. The summed E-state index contributed by atoms with van der Waals surface area (Å²) in [7, 11) is 0. The van der Waals surface area contributed by atoms with E-state index in [0.29, 0.717) is 6.04 Å². The van der Waals surface area contributed by atoms with Crippen LogP contribution >= 0.6 is 11.3 Å². The molecule has 0 atom stereocenters. The fraction of sp³-hybridized carbons (Fsp3) is 0.238. The van der Waals surface area contributed by atoms with E-state index in [1.807, 2.05) is 37.3 Å². The molecule has 3 aromatic rings. The predicted octanol–water partition coefficient (Wildman–Crippen LogP) is 5.29. The molecule has 0 aliphatic heterocycles. The maximum absolute atomic E-state index is 11.9. The largest absolute Gasteiger partial charge is 0.317 e. The zero-order valence-corrected chi connectivity index (χ0v) is 15.2. The zero-order chi connectivity index (χ0) is 17.4. The highest BCUT2D eigenvalue weighted by atomic mass is 32.1. The molecule has 126 valence electrons. The van der Waals surface area contributed by atoms with E-state index in [1.54, 1.807) is 6.92 Å². The summed E-state index contributed by atoms with van der Waals surface area (Å²) >= 11 is 1.50. The Morgan fingerprint density at radius 2 is 1.68 bits per heavy atom. The van der Waals surface area contributed by atoms with E-state index in [-0.39, 0.29) is 5.78 Å². The Morgan fingerprint density at radius 3 is 2.28 bits per heavy atom. The number of ketones is 1. The predicted molar refractivity (Wildman–Crippen MR) is 102 cm³/mol. The molecule has 0 amide bonds. The Labute approximate surface area is 151 Å². The third kappa shape index (κ3) is 3.22. The number of thiazole rings is 1. The maximum atomic E-state index is 11.9. The van der Waals surface area contributed by atoms with E-state index in [1.165, 1.54) is 35.3 Å². The van der Waals surface area contributed by atoms with Gasteiger partial charge in [0.1, 0.15) is 0 Å². The first-order valence-electron chi connectivity index (χ1n) is 8.56. The summed E-state index contributed by atoms with van der Waals surface area (Å²) < 4.78 is 2.24. The lowest BCUT2D eigenvalue weighted by molar-refractivity contribution is 0.102. The van der Waals surface area contributed by atoms with Crippen LogP contribution in [0.2, 0.25) is 0 Å². The third-order valence-electron chi connectivity index (χ3n) is 4.52. The van der Waals surface area contributed by atoms with Crippen molar-refractivity contribution in [1.82, 2.24) is 4.57 Å². The van der Waals surface area contributed by atoms with Crippen molar-refractivity contribution in [3.63, 3.8) is 0 Å². The first-order valence-corrected chi connectivity index (χ1v) is 9.38. The van der Waals surface area contributed by atoms with Crippen LogP contribution in [0.15, 0.2) is 59.6 Å². The van der Waals surface area contributed by atoms with Crippen LogP contribution in [0.5, 0.6) is 0 Å². The van der Waals surface area contributed by atoms with Crippen molar-refractivity contribution >= 4 is 22.8 Å². The molecule has 1 aliphatic carbocycles. The van der Waals surface area contributed by atoms with Crippen LogP contribution in [0.25, 0.3) is 11.1 Å². The van der Waals surface area contributed by atoms with Crippen LogP contribution in [-0.4, -0.2) is 10.4 Å². The number of hydrogen-bond donors (Lipinski definition) is 0. The molecule has 0 bridgehead atoms. The highest BCUT2D eigenvalue weighted by Gasteiger charge is 2.28. The smallest absolute Gasteiger partial charge is 0.191 e. The molecule has 0 unspecified atom stereocenters. The molecule has 0 spiro atoms. The summed E-state index contributed by atoms with van der Waals surface area (Å²) in [6, 6.07) is 19.1. The molecule has 25 heavy (non-hydrogen) atoms. The quantitative estimate of drug-likeness (QED) is 0.590. The molecule has 0 radical (unpaired) electrons. The highest BCUT2D eigenvalue weighted by molar-refractivity contribution is 7.11. The number of Topliss-reactive ketones (excluding diaryl/α,β-unsaturated/α-hetero) is 1. The molecule has 1 fully saturated rings. The van der Waals surface area contributed by atoms with Crippen LogP contribution in [0.4, 0.5) is 5.69 Å². The van der Waals surface area contributed by atoms with Crippen LogP contribution in [0, 0.1) is 6.92 Å². The maximum Gasteiger partial charge on any atom is 0.191 e. The molecule has 1 heterocycles. The minimum atomic E-state index is 0.123. The fourth-order valence-electron chi connectivity index (χ4n) is 3.10. The Bertz CT molecular complexity index is 977. The lowest BCUT2D eigenvalue weighted by Crippen LogP contribution is -2.14. The molecule has 4 heteroatoms. The molecule has 0 N–H and O–H groups in total. The van der Waals surface area contributed by atoms with Crippen molar-refractivity contribution in [2.45, 2.75) is 32.7 Å². The molecular formula is C21H20N2OS. The summed E-state index contributed by atoms with van der Waals surface area (Å²) in [5.41, 5.74) is 4.36. The third-order valence-corrected chi connectivity index (χ3v) is 5.78. The Morgan fingerprint density at radius 1 is 1.04 bits per heavy atom. The summed E-state index contributed by atoms with van der Waals surface area (Å²) in [6.45, 7) is 3.66. The molecule has 1 aromatic heterocycles. The average Bonchev–Trinajstić information content (AvgIpc) is 3.40. The minimum Gasteiger partial charge on any atom is -0.317 e. The van der Waals surface area contributed by atoms with E-state index in [4.69, 9.17) is 4.99 Å². The van der Waals surface area contributed by atoms with E-state index in [0.717, 1.165) is 21.1 Å². The van der Waals surface area contributed by atoms with E-state index in [9.17, 15) is 4.79 Å². The van der Waals surface area contributed by atoms with Gasteiger partial charge < -0.3 is 4.57 Å². The van der Waals surface area contributed by atoms with Crippen molar-refractivity contribution in [1.29, 1.82) is 0 Å². The number of hydrogen-bond acceptors (Lipinski definition) is 3. The second-order valence-electron chi connectivity index (χ2n) is 6.48. The van der Waals surface area contributed by atoms with Gasteiger partial charge in [-0.2, -0.15) is 0 Å². The summed E-state index contributed by atoms with van der Waals surface area (Å²) in [6.07, 6.45) is 2.35. The van der Waals surface area contributed by atoms with Gasteiger partial charge >= 0.3 is 0 Å². The van der Waals surface area contributed by atoms with Crippen molar-refractivity contribution < 1.29 is 4.79 Å². The van der Waals surface area contributed by atoms with Gasteiger partial charge in [-0.3, -0.25) is 4.79 Å². The van der Waals surface area contributed by atoms with Gasteiger partial charge in [-0.15, -0.1) is 0 Å². The second kappa shape index (κ2) is 6.45. The SMILES string of the molecule is CC(=O)c1s/c(=N/c2ccc(-c3ccccc3)cc2)n(C2CC2)c1C. The van der Waals surface area contributed by atoms with Gasteiger partial charge in [-0.25, -0.2) is 4.99 Å². The first kappa shape index (κ1) is 16.0. The molecule has 1 aliphatic rings. The first-order chi connectivity index (χ1) is 12.1. The van der Waals surface area contributed by atoms with E-state index < -0.39 is 0 Å². The number of carbonyl (C=O) groups is 1. The Hall–Kier alpha value is -2.46. The average molecular weight is 348 g/mol. The number of carbonyl (C=O) groups excluding carboxylic acids is 1. The van der Waals surface area contributed by atoms with Crippen LogP contribution in [0.3, 0.4) is 0 Å². The fourth-order valence-corrected chi connectivity index (χ4v) is 4.21. The van der Waals surface area contributed by atoms with Crippen LogP contribution in [-0.2, 0) is 0 Å². The molecule has 4 rings (SSSR count). The minimum absolute atomic E-state index is 0.123. The van der Waals surface area contributed by atoms with E-state index >= 15 is 0 Å². The molecule has 3 nitrogen and oxygen atoms in total. The van der Waals surface area contributed by atoms with Gasteiger partial charge in [-0.1, -0.05) is 53.8 Å². The number of rotatable bonds is 4. The van der Waals surface area contributed by atoms with Crippen molar-refractivity contribution in [3.8, 4) is 11.1 Å². The summed E-state index contributed by atoms with van der Waals surface area (Å²) in [5, 5.41) is 0. The number of aromatic nitrogens is 1. The number of nitrogens with zero attached hydrogens (tertiary/aromatic N) is 2. The molecule has 1 saturated carbocycles. The summed E-state index contributed by atoms with van der Waals surface area (Å²) in [5.74, 6) is 0.123. The van der Waals surface area contributed by atoms with Gasteiger partial charge in [0.25, 0.3) is 0 Å².